The summed E-state index contributed by atoms with van der Waals surface area (Å²) in [4.78, 5) is 24.3. The Morgan fingerprint density at radius 1 is 1.48 bits per heavy atom. The van der Waals surface area contributed by atoms with Crippen molar-refractivity contribution in [3.8, 4) is 11.6 Å². The fourth-order valence-corrected chi connectivity index (χ4v) is 2.26. The minimum absolute atomic E-state index is 0.0787. The van der Waals surface area contributed by atoms with Gasteiger partial charge < -0.3 is 20.6 Å². The summed E-state index contributed by atoms with van der Waals surface area (Å²) in [6.07, 6.45) is 3.43. The van der Waals surface area contributed by atoms with Crippen LogP contribution in [0.2, 0.25) is 0 Å². The standard InChI is InChI=1S/C15H17N7O3/c1-3-9(14(23)24-2)18-7-8-11(16)19-15(17)22-13(8)20-12(21-22)10-5-4-6-25-10/h4-7,9H,3,16H2,1-2H3,(H2,17,19). The van der Waals surface area contributed by atoms with E-state index < -0.39 is 12.0 Å². The number of furan rings is 1. The van der Waals surface area contributed by atoms with Gasteiger partial charge in [0, 0.05) is 6.21 Å². The topological polar surface area (TPSA) is 147 Å². The molecule has 25 heavy (non-hydrogen) atoms. The summed E-state index contributed by atoms with van der Waals surface area (Å²) in [5.74, 6) is 0.584. The number of methoxy groups -OCH3 is 1. The second kappa shape index (κ2) is 6.59. The van der Waals surface area contributed by atoms with Crippen LogP contribution in [0, 0.1) is 0 Å². The third kappa shape index (κ3) is 3.01. The lowest BCUT2D eigenvalue weighted by Gasteiger charge is -2.07. The van der Waals surface area contributed by atoms with Crippen molar-refractivity contribution in [3.63, 3.8) is 0 Å². The van der Waals surface area contributed by atoms with Gasteiger partial charge in [-0.05, 0) is 18.6 Å². The molecule has 1 unspecified atom stereocenters. The van der Waals surface area contributed by atoms with Gasteiger partial charge in [-0.3, -0.25) is 4.99 Å². The van der Waals surface area contributed by atoms with E-state index in [0.717, 1.165) is 0 Å². The first-order chi connectivity index (χ1) is 12.0. The Bertz CT molecular complexity index is 930. The summed E-state index contributed by atoms with van der Waals surface area (Å²) in [5.41, 5.74) is 12.6. The molecule has 0 aliphatic carbocycles. The van der Waals surface area contributed by atoms with Crippen LogP contribution in [0.15, 0.2) is 27.8 Å². The van der Waals surface area contributed by atoms with Crippen molar-refractivity contribution in [2.45, 2.75) is 19.4 Å². The summed E-state index contributed by atoms with van der Waals surface area (Å²) in [6.45, 7) is 1.82. The normalized spacial score (nSPS) is 12.7. The molecule has 0 aromatic carbocycles. The highest BCUT2D eigenvalue weighted by atomic mass is 16.5. The van der Waals surface area contributed by atoms with Crippen LogP contribution in [0.5, 0.6) is 0 Å². The van der Waals surface area contributed by atoms with Gasteiger partial charge in [0.1, 0.15) is 11.9 Å². The molecule has 4 N–H and O–H groups in total. The van der Waals surface area contributed by atoms with Gasteiger partial charge in [0.25, 0.3) is 0 Å². The number of esters is 1. The smallest absolute Gasteiger partial charge is 0.330 e. The molecule has 0 aliphatic heterocycles. The Kier molecular flexibility index (Phi) is 4.33. The Morgan fingerprint density at radius 2 is 2.28 bits per heavy atom. The number of hydrogen-bond donors (Lipinski definition) is 2. The molecule has 0 amide bonds. The predicted molar refractivity (Wildman–Crippen MR) is 91.0 cm³/mol. The molecule has 1 atom stereocenters. The zero-order valence-electron chi connectivity index (χ0n) is 13.7. The molecular formula is C15H17N7O3. The van der Waals surface area contributed by atoms with Crippen molar-refractivity contribution in [2.75, 3.05) is 18.6 Å². The average Bonchev–Trinajstić information content (AvgIpc) is 3.26. The van der Waals surface area contributed by atoms with Gasteiger partial charge in [-0.1, -0.05) is 6.92 Å². The highest BCUT2D eigenvalue weighted by molar-refractivity contribution is 5.95. The van der Waals surface area contributed by atoms with Crippen molar-refractivity contribution in [1.29, 1.82) is 0 Å². The fourth-order valence-electron chi connectivity index (χ4n) is 2.26. The van der Waals surface area contributed by atoms with Crippen molar-refractivity contribution < 1.29 is 13.9 Å². The molecule has 3 rings (SSSR count). The van der Waals surface area contributed by atoms with Crippen LogP contribution in [0.3, 0.4) is 0 Å². The number of ether oxygens (including phenoxy) is 1. The Morgan fingerprint density at radius 3 is 2.92 bits per heavy atom. The van der Waals surface area contributed by atoms with Gasteiger partial charge in [-0.25, -0.2) is 9.78 Å². The molecule has 0 bridgehead atoms. The number of hydrogen-bond acceptors (Lipinski definition) is 9. The highest BCUT2D eigenvalue weighted by Crippen LogP contribution is 2.22. The predicted octanol–water partition coefficient (Wildman–Crippen LogP) is 0.919. The number of rotatable bonds is 5. The number of aliphatic imine (C=N–C) groups is 1. The van der Waals surface area contributed by atoms with Gasteiger partial charge in [-0.2, -0.15) is 9.50 Å². The lowest BCUT2D eigenvalue weighted by atomic mass is 10.2. The molecule has 0 aliphatic rings. The first-order valence-electron chi connectivity index (χ1n) is 7.51. The van der Waals surface area contributed by atoms with Crippen LogP contribution in [-0.2, 0) is 9.53 Å². The number of aromatic nitrogens is 4. The molecule has 10 heteroatoms. The van der Waals surface area contributed by atoms with Crippen molar-refractivity contribution in [1.82, 2.24) is 19.6 Å². The number of nitrogens with two attached hydrogens (primary N) is 2. The SMILES string of the molecule is CCC(N=Cc1c(N)nc(N)n2nc(-c3ccco3)nc12)C(=O)OC. The maximum Gasteiger partial charge on any atom is 0.330 e. The van der Waals surface area contributed by atoms with Gasteiger partial charge >= 0.3 is 5.97 Å². The van der Waals surface area contributed by atoms with Gasteiger partial charge in [0.05, 0.1) is 18.9 Å². The summed E-state index contributed by atoms with van der Waals surface area (Å²) in [7, 11) is 1.31. The Hall–Kier alpha value is -3.43. The minimum Gasteiger partial charge on any atom is -0.467 e. The van der Waals surface area contributed by atoms with E-state index in [1.807, 2.05) is 6.92 Å². The van der Waals surface area contributed by atoms with E-state index >= 15 is 0 Å². The van der Waals surface area contributed by atoms with Crippen LogP contribution in [-0.4, -0.2) is 44.9 Å². The third-order valence-corrected chi connectivity index (χ3v) is 3.56. The van der Waals surface area contributed by atoms with Gasteiger partial charge in [0.15, 0.2) is 11.4 Å². The molecule has 0 saturated carbocycles. The van der Waals surface area contributed by atoms with E-state index in [1.165, 1.54) is 24.1 Å². The van der Waals surface area contributed by atoms with Crippen molar-refractivity contribution >= 4 is 29.6 Å². The molecule has 0 spiro atoms. The molecule has 0 saturated heterocycles. The minimum atomic E-state index is -0.644. The summed E-state index contributed by atoms with van der Waals surface area (Å²) in [5, 5.41) is 4.27. The number of carbonyl (C=O) groups is 1. The van der Waals surface area contributed by atoms with Crippen molar-refractivity contribution in [2.24, 2.45) is 4.99 Å². The molecule has 3 heterocycles. The van der Waals surface area contributed by atoms with E-state index in [-0.39, 0.29) is 11.8 Å². The number of nitrogen functional groups attached to an aromatic ring is 2. The Labute approximate surface area is 142 Å². The lowest BCUT2D eigenvalue weighted by Crippen LogP contribution is -2.19. The van der Waals surface area contributed by atoms with Crippen LogP contribution in [0.4, 0.5) is 11.8 Å². The molecule has 130 valence electrons. The zero-order chi connectivity index (χ0) is 18.0. The van der Waals surface area contributed by atoms with Crippen LogP contribution < -0.4 is 11.5 Å². The van der Waals surface area contributed by atoms with E-state index in [4.69, 9.17) is 20.6 Å². The zero-order valence-corrected chi connectivity index (χ0v) is 13.7. The second-order valence-electron chi connectivity index (χ2n) is 5.14. The monoisotopic (exact) mass is 343 g/mol. The third-order valence-electron chi connectivity index (χ3n) is 3.56. The molecule has 10 nitrogen and oxygen atoms in total. The molecule has 0 fully saturated rings. The van der Waals surface area contributed by atoms with Gasteiger partial charge in [0.2, 0.25) is 11.8 Å². The fraction of sp³-hybridized carbons (Fsp3) is 0.267. The van der Waals surface area contributed by atoms with Crippen molar-refractivity contribution in [3.05, 3.63) is 24.0 Å². The highest BCUT2D eigenvalue weighted by Gasteiger charge is 2.18. The van der Waals surface area contributed by atoms with Crippen LogP contribution in [0.25, 0.3) is 17.2 Å². The van der Waals surface area contributed by atoms with E-state index in [0.29, 0.717) is 29.2 Å². The average molecular weight is 343 g/mol. The number of carbonyl (C=O) groups excluding carboxylic acids is 1. The summed E-state index contributed by atoms with van der Waals surface area (Å²) >= 11 is 0. The quantitative estimate of drug-likeness (QED) is 0.513. The molecule has 0 radical (unpaired) electrons. The largest absolute Gasteiger partial charge is 0.467 e. The van der Waals surface area contributed by atoms with E-state index in [2.05, 4.69) is 20.1 Å². The van der Waals surface area contributed by atoms with Crippen LogP contribution >= 0.6 is 0 Å². The van der Waals surface area contributed by atoms with E-state index in [9.17, 15) is 4.79 Å². The van der Waals surface area contributed by atoms with Gasteiger partial charge in [-0.15, -0.1) is 5.10 Å². The molecular weight excluding hydrogens is 326 g/mol. The Balaban J connectivity index is 2.09. The maximum absolute atomic E-state index is 11.7. The van der Waals surface area contributed by atoms with E-state index in [1.54, 1.807) is 12.1 Å². The summed E-state index contributed by atoms with van der Waals surface area (Å²) < 4.78 is 11.4. The number of fused-ring (bicyclic) bond motifs is 1. The lowest BCUT2D eigenvalue weighted by molar-refractivity contribution is -0.142. The first-order valence-corrected chi connectivity index (χ1v) is 7.51. The maximum atomic E-state index is 11.7. The van der Waals surface area contributed by atoms with Crippen LogP contribution in [0.1, 0.15) is 18.9 Å². The summed E-state index contributed by atoms with van der Waals surface area (Å²) in [6, 6.07) is 2.80. The molecule has 3 aromatic rings. The second-order valence-corrected chi connectivity index (χ2v) is 5.14. The number of anilines is 2. The first kappa shape index (κ1) is 16.4. The number of nitrogens with zero attached hydrogens (tertiary/aromatic N) is 5. The molecule has 3 aromatic heterocycles.